The van der Waals surface area contributed by atoms with Crippen LogP contribution in [0.25, 0.3) is 0 Å². The zero-order chi connectivity index (χ0) is 17.7. The fourth-order valence-electron chi connectivity index (χ4n) is 1.24. The van der Waals surface area contributed by atoms with Gasteiger partial charge in [-0.25, -0.2) is 9.78 Å². The van der Waals surface area contributed by atoms with Crippen molar-refractivity contribution in [2.75, 3.05) is 0 Å². The van der Waals surface area contributed by atoms with Gasteiger partial charge >= 0.3 is 12.2 Å². The molecule has 0 saturated carbocycles. The summed E-state index contributed by atoms with van der Waals surface area (Å²) >= 11 is 0. The van der Waals surface area contributed by atoms with Crippen molar-refractivity contribution >= 4 is 18.1 Å². The molecule has 0 fully saturated rings. The average Bonchev–Trinajstić information content (AvgIpc) is 2.34. The molecular weight excluding hydrogens is 298 g/mol. The molecule has 7 nitrogen and oxygen atoms in total. The Bertz CT molecular complexity index is 634. The molecule has 0 unspecified atom stereocenters. The number of carbonyl (C=O) groups is 1. The zero-order valence-electron chi connectivity index (χ0n) is 14.2. The molecular formula is C16H21N3O4. The average molecular weight is 319 g/mol. The predicted octanol–water partition coefficient (Wildman–Crippen LogP) is 3.21. The normalized spacial score (nSPS) is 12.3. The first-order chi connectivity index (χ1) is 10.5. The number of aromatic nitrogens is 2. The van der Waals surface area contributed by atoms with Crippen molar-refractivity contribution < 1.29 is 19.0 Å². The lowest BCUT2D eigenvalue weighted by molar-refractivity contribution is -0.000866. The molecule has 0 bridgehead atoms. The summed E-state index contributed by atoms with van der Waals surface area (Å²) in [7, 11) is 0. The lowest BCUT2D eigenvalue weighted by Gasteiger charge is -2.23. The maximum Gasteiger partial charge on any atom is 0.517 e. The first-order valence-electron chi connectivity index (χ1n) is 6.96. The second-order valence-electron chi connectivity index (χ2n) is 6.57. The molecule has 124 valence electrons. The van der Waals surface area contributed by atoms with Gasteiger partial charge in [-0.2, -0.15) is 4.99 Å². The molecule has 0 aliphatic carbocycles. The summed E-state index contributed by atoms with van der Waals surface area (Å²) in [4.78, 5) is 23.8. The molecule has 0 saturated heterocycles. The Morgan fingerprint density at radius 1 is 1.13 bits per heavy atom. The van der Waals surface area contributed by atoms with Gasteiger partial charge in [0.15, 0.2) is 5.82 Å². The van der Waals surface area contributed by atoms with Gasteiger partial charge in [0.2, 0.25) is 0 Å². The number of hydrogen-bond acceptors (Lipinski definition) is 7. The van der Waals surface area contributed by atoms with E-state index in [1.807, 2.05) is 0 Å². The summed E-state index contributed by atoms with van der Waals surface area (Å²) in [5.41, 5.74) is -1.04. The third kappa shape index (κ3) is 7.81. The van der Waals surface area contributed by atoms with E-state index in [9.17, 15) is 4.79 Å². The van der Waals surface area contributed by atoms with E-state index in [1.54, 1.807) is 41.5 Å². The quantitative estimate of drug-likeness (QED) is 0.342. The van der Waals surface area contributed by atoms with Gasteiger partial charge in [-0.3, -0.25) is 4.98 Å². The van der Waals surface area contributed by atoms with Crippen LogP contribution in [0.3, 0.4) is 0 Å². The van der Waals surface area contributed by atoms with Crippen LogP contribution in [0.5, 0.6) is 0 Å². The highest BCUT2D eigenvalue weighted by molar-refractivity contribution is 5.82. The maximum atomic E-state index is 11.8. The molecule has 7 heteroatoms. The van der Waals surface area contributed by atoms with Crippen LogP contribution >= 0.6 is 0 Å². The molecule has 1 rings (SSSR count). The number of rotatable bonds is 1. The number of aliphatic imine (C=N–C) groups is 1. The fourth-order valence-corrected chi connectivity index (χ4v) is 1.24. The van der Waals surface area contributed by atoms with Crippen LogP contribution in [0.4, 0.5) is 10.6 Å². The van der Waals surface area contributed by atoms with Gasteiger partial charge in [0.05, 0.1) is 12.4 Å². The van der Waals surface area contributed by atoms with Crippen molar-refractivity contribution in [2.45, 2.75) is 52.7 Å². The number of terminal acetylenes is 1. The van der Waals surface area contributed by atoms with Gasteiger partial charge in [-0.15, -0.1) is 6.42 Å². The minimum absolute atomic E-state index is 0.156. The highest BCUT2D eigenvalue weighted by Gasteiger charge is 2.23. The summed E-state index contributed by atoms with van der Waals surface area (Å²) in [6, 6.07) is 0. The van der Waals surface area contributed by atoms with Crippen LogP contribution < -0.4 is 0 Å². The lowest BCUT2D eigenvalue weighted by Crippen LogP contribution is -2.30. The molecule has 0 spiro atoms. The van der Waals surface area contributed by atoms with Crippen molar-refractivity contribution in [2.24, 2.45) is 4.99 Å². The van der Waals surface area contributed by atoms with E-state index in [1.165, 1.54) is 12.4 Å². The predicted molar refractivity (Wildman–Crippen MR) is 85.2 cm³/mol. The first-order valence-corrected chi connectivity index (χ1v) is 6.96. The van der Waals surface area contributed by atoms with Crippen LogP contribution in [0, 0.1) is 12.3 Å². The van der Waals surface area contributed by atoms with Crippen LogP contribution in [0.2, 0.25) is 0 Å². The van der Waals surface area contributed by atoms with E-state index in [0.29, 0.717) is 5.69 Å². The SMILES string of the molecule is C#Cc1cncc(N=C(OC(=O)OC(C)(C)C)OC(C)(C)C)n1. The van der Waals surface area contributed by atoms with E-state index in [0.717, 1.165) is 0 Å². The smallest absolute Gasteiger partial charge is 0.444 e. The third-order valence-electron chi connectivity index (χ3n) is 1.93. The molecule has 0 amide bonds. The van der Waals surface area contributed by atoms with Crippen LogP contribution in [-0.4, -0.2) is 33.4 Å². The van der Waals surface area contributed by atoms with E-state index in [2.05, 4.69) is 20.9 Å². The number of ether oxygens (including phenoxy) is 3. The van der Waals surface area contributed by atoms with Crippen LogP contribution in [-0.2, 0) is 14.2 Å². The zero-order valence-corrected chi connectivity index (χ0v) is 14.2. The summed E-state index contributed by atoms with van der Waals surface area (Å²) in [6.07, 6.45) is 6.82. The molecule has 0 aliphatic heterocycles. The Kier molecular flexibility index (Phi) is 5.68. The van der Waals surface area contributed by atoms with E-state index < -0.39 is 17.4 Å². The molecule has 1 heterocycles. The van der Waals surface area contributed by atoms with E-state index in [-0.39, 0.29) is 11.9 Å². The molecule has 0 radical (unpaired) electrons. The fraction of sp³-hybridized carbons (Fsp3) is 0.500. The van der Waals surface area contributed by atoms with Crippen LogP contribution in [0.15, 0.2) is 17.4 Å². The number of nitrogens with zero attached hydrogens (tertiary/aromatic N) is 3. The van der Waals surface area contributed by atoms with Gasteiger partial charge in [-0.1, -0.05) is 0 Å². The highest BCUT2D eigenvalue weighted by atomic mass is 16.8. The van der Waals surface area contributed by atoms with Crippen molar-refractivity contribution in [1.82, 2.24) is 9.97 Å². The Morgan fingerprint density at radius 2 is 1.74 bits per heavy atom. The van der Waals surface area contributed by atoms with E-state index in [4.69, 9.17) is 20.6 Å². The third-order valence-corrected chi connectivity index (χ3v) is 1.93. The Balaban J connectivity index is 3.02. The summed E-state index contributed by atoms with van der Waals surface area (Å²) < 4.78 is 15.6. The number of hydrogen-bond donors (Lipinski definition) is 0. The topological polar surface area (TPSA) is 82.9 Å². The van der Waals surface area contributed by atoms with Crippen molar-refractivity contribution in [3.8, 4) is 12.3 Å². The second-order valence-corrected chi connectivity index (χ2v) is 6.57. The highest BCUT2D eigenvalue weighted by Crippen LogP contribution is 2.15. The molecule has 1 aromatic rings. The van der Waals surface area contributed by atoms with Gasteiger partial charge < -0.3 is 14.2 Å². The van der Waals surface area contributed by atoms with Gasteiger partial charge in [0.25, 0.3) is 0 Å². The van der Waals surface area contributed by atoms with Gasteiger partial charge in [0.1, 0.15) is 16.9 Å². The summed E-state index contributed by atoms with van der Waals surface area (Å²) in [5, 5.41) is 0. The lowest BCUT2D eigenvalue weighted by atomic mass is 10.2. The molecule has 0 aromatic carbocycles. The Labute approximate surface area is 136 Å². The van der Waals surface area contributed by atoms with E-state index >= 15 is 0 Å². The minimum atomic E-state index is -0.929. The molecule has 0 atom stereocenters. The first kappa shape index (κ1) is 18.4. The van der Waals surface area contributed by atoms with Crippen molar-refractivity contribution in [1.29, 1.82) is 0 Å². The second kappa shape index (κ2) is 7.09. The molecule has 0 N–H and O–H groups in total. The van der Waals surface area contributed by atoms with Crippen LogP contribution in [0.1, 0.15) is 47.2 Å². The number of carbonyl (C=O) groups excluding carboxylic acids is 1. The molecule has 1 aromatic heterocycles. The van der Waals surface area contributed by atoms with Crippen molar-refractivity contribution in [3.05, 3.63) is 18.1 Å². The van der Waals surface area contributed by atoms with Gasteiger partial charge in [0, 0.05) is 0 Å². The standard InChI is InChI=1S/C16H21N3O4/c1-8-11-9-17-10-12(18-11)19-13(22-15(2,3)4)21-14(20)23-16(5,6)7/h1,9-10H,2-7H3. The summed E-state index contributed by atoms with van der Waals surface area (Å²) in [5.74, 6) is 2.50. The van der Waals surface area contributed by atoms with Crippen molar-refractivity contribution in [3.63, 3.8) is 0 Å². The minimum Gasteiger partial charge on any atom is -0.444 e. The largest absolute Gasteiger partial charge is 0.517 e. The molecule has 23 heavy (non-hydrogen) atoms. The van der Waals surface area contributed by atoms with Gasteiger partial charge in [-0.05, 0) is 47.5 Å². The Morgan fingerprint density at radius 3 is 2.26 bits per heavy atom. The monoisotopic (exact) mass is 319 g/mol. The Hall–Kier alpha value is -2.62. The molecule has 0 aliphatic rings. The maximum absolute atomic E-state index is 11.8. The summed E-state index contributed by atoms with van der Waals surface area (Å²) in [6.45, 7) is 10.5.